The van der Waals surface area contributed by atoms with Gasteiger partial charge in [0.15, 0.2) is 11.5 Å². The summed E-state index contributed by atoms with van der Waals surface area (Å²) in [5.41, 5.74) is -1.62. The molecule has 0 saturated carbocycles. The molecule has 1 aromatic carbocycles. The highest BCUT2D eigenvalue weighted by Crippen LogP contribution is 2.38. The molecule has 2 aromatic rings. The number of aromatic nitrogens is 1. The maximum atomic E-state index is 13.1. The lowest BCUT2D eigenvalue weighted by Gasteiger charge is -2.37. The van der Waals surface area contributed by atoms with E-state index in [0.29, 0.717) is 31.7 Å². The van der Waals surface area contributed by atoms with Crippen molar-refractivity contribution in [3.05, 3.63) is 47.7 Å². The van der Waals surface area contributed by atoms with Gasteiger partial charge < -0.3 is 14.4 Å². The predicted molar refractivity (Wildman–Crippen MR) is 107 cm³/mol. The van der Waals surface area contributed by atoms with Crippen molar-refractivity contribution < 1.29 is 35.8 Å². The molecule has 0 amide bonds. The first-order valence-electron chi connectivity index (χ1n) is 10.3. The van der Waals surface area contributed by atoms with Gasteiger partial charge >= 0.3 is 12.4 Å². The van der Waals surface area contributed by atoms with Crippen LogP contribution in [0.1, 0.15) is 37.8 Å². The van der Waals surface area contributed by atoms with E-state index in [-0.39, 0.29) is 30.1 Å². The zero-order valence-electron chi connectivity index (χ0n) is 17.6. The number of piperidine rings is 1. The summed E-state index contributed by atoms with van der Waals surface area (Å²) in [6.07, 6.45) is -7.26. The smallest absolute Gasteiger partial charge is 0.417 e. The summed E-state index contributed by atoms with van der Waals surface area (Å²) in [5, 5.41) is 0. The Morgan fingerprint density at radius 3 is 2.25 bits per heavy atom. The third-order valence-corrected chi connectivity index (χ3v) is 5.24. The zero-order chi connectivity index (χ0) is 23.5. The SMILES string of the molecule is CCCOc1cc(C(F)(F)F)ccc1O[C@@H]1CCN(c2ccc(C(F)(F)F)cn2)C[C@@H]1C. The molecule has 1 aromatic heterocycles. The molecule has 4 nitrogen and oxygen atoms in total. The lowest BCUT2D eigenvalue weighted by Crippen LogP contribution is -2.44. The third kappa shape index (κ3) is 5.77. The van der Waals surface area contributed by atoms with E-state index in [1.165, 1.54) is 12.1 Å². The molecule has 0 N–H and O–H groups in total. The van der Waals surface area contributed by atoms with Crippen LogP contribution in [0.2, 0.25) is 0 Å². The van der Waals surface area contributed by atoms with Crippen LogP contribution in [0, 0.1) is 5.92 Å². The Labute approximate surface area is 182 Å². The second-order valence-corrected chi connectivity index (χ2v) is 7.78. The molecular weight excluding hydrogens is 438 g/mol. The maximum absolute atomic E-state index is 13.1. The van der Waals surface area contributed by atoms with Gasteiger partial charge in [-0.15, -0.1) is 0 Å². The number of rotatable bonds is 6. The lowest BCUT2D eigenvalue weighted by atomic mass is 9.96. The molecule has 0 spiro atoms. The first-order valence-corrected chi connectivity index (χ1v) is 10.3. The first-order chi connectivity index (χ1) is 15.0. The molecule has 176 valence electrons. The van der Waals surface area contributed by atoms with Crippen molar-refractivity contribution in [2.75, 3.05) is 24.6 Å². The van der Waals surface area contributed by atoms with Gasteiger partial charge in [0.1, 0.15) is 11.9 Å². The van der Waals surface area contributed by atoms with E-state index in [2.05, 4.69) is 4.98 Å². The van der Waals surface area contributed by atoms with Gasteiger partial charge in [-0.2, -0.15) is 26.3 Å². The van der Waals surface area contributed by atoms with Crippen LogP contribution in [0.25, 0.3) is 0 Å². The van der Waals surface area contributed by atoms with E-state index < -0.39 is 23.5 Å². The molecule has 1 aliphatic heterocycles. The van der Waals surface area contributed by atoms with Crippen LogP contribution in [-0.4, -0.2) is 30.8 Å². The summed E-state index contributed by atoms with van der Waals surface area (Å²) in [6.45, 7) is 4.98. The van der Waals surface area contributed by atoms with Crippen molar-refractivity contribution in [1.82, 2.24) is 4.98 Å². The number of alkyl halides is 6. The molecule has 10 heteroatoms. The molecule has 0 bridgehead atoms. The predicted octanol–water partition coefficient (Wildman–Crippen LogP) is 6.20. The molecule has 2 heterocycles. The van der Waals surface area contributed by atoms with Crippen LogP contribution in [0.5, 0.6) is 11.5 Å². The second-order valence-electron chi connectivity index (χ2n) is 7.78. The molecular formula is C22H24F6N2O2. The summed E-state index contributed by atoms with van der Waals surface area (Å²) in [4.78, 5) is 5.80. The maximum Gasteiger partial charge on any atom is 0.417 e. The minimum Gasteiger partial charge on any atom is -0.490 e. The Balaban J connectivity index is 1.69. The van der Waals surface area contributed by atoms with Crippen molar-refractivity contribution in [1.29, 1.82) is 0 Å². The summed E-state index contributed by atoms with van der Waals surface area (Å²) in [6, 6.07) is 5.50. The monoisotopic (exact) mass is 462 g/mol. The highest BCUT2D eigenvalue weighted by molar-refractivity contribution is 5.44. The molecule has 1 aliphatic rings. The Morgan fingerprint density at radius 1 is 1.00 bits per heavy atom. The van der Waals surface area contributed by atoms with Crippen molar-refractivity contribution in [3.63, 3.8) is 0 Å². The number of halogens is 6. The minimum absolute atomic E-state index is 0.0423. The second kappa shape index (κ2) is 9.46. The summed E-state index contributed by atoms with van der Waals surface area (Å²) in [7, 11) is 0. The van der Waals surface area contributed by atoms with Gasteiger partial charge in [0, 0.05) is 31.6 Å². The topological polar surface area (TPSA) is 34.6 Å². The third-order valence-electron chi connectivity index (χ3n) is 5.24. The van der Waals surface area contributed by atoms with Gasteiger partial charge in [0.2, 0.25) is 0 Å². The van der Waals surface area contributed by atoms with Crippen molar-refractivity contribution in [3.8, 4) is 11.5 Å². The van der Waals surface area contributed by atoms with Crippen molar-refractivity contribution in [2.45, 2.75) is 45.1 Å². The molecule has 0 unspecified atom stereocenters. The van der Waals surface area contributed by atoms with E-state index >= 15 is 0 Å². The summed E-state index contributed by atoms with van der Waals surface area (Å²) >= 11 is 0. The van der Waals surface area contributed by atoms with Gasteiger partial charge in [-0.3, -0.25) is 0 Å². The molecule has 3 rings (SSSR count). The number of ether oxygens (including phenoxy) is 2. The Hall–Kier alpha value is -2.65. The minimum atomic E-state index is -4.49. The number of pyridine rings is 1. The summed E-state index contributed by atoms with van der Waals surface area (Å²) < 4.78 is 88.9. The fourth-order valence-electron chi connectivity index (χ4n) is 3.52. The standard InChI is InChI=1S/C22H24F6N2O2/c1-3-10-31-19-11-15(21(23,24)25)4-6-18(19)32-17-8-9-30(13-14(17)2)20-7-5-16(12-29-20)22(26,27)28/h4-7,11-12,14,17H,3,8-10,13H2,1-2H3/t14-,17+/m0/s1. The molecule has 1 saturated heterocycles. The fraction of sp³-hybridized carbons (Fsp3) is 0.500. The van der Waals surface area contributed by atoms with E-state index in [1.54, 1.807) is 0 Å². The van der Waals surface area contributed by atoms with Crippen LogP contribution in [0.15, 0.2) is 36.5 Å². The van der Waals surface area contributed by atoms with Crippen molar-refractivity contribution in [2.24, 2.45) is 5.92 Å². The quantitative estimate of drug-likeness (QED) is 0.479. The largest absolute Gasteiger partial charge is 0.490 e. The van der Waals surface area contributed by atoms with E-state index in [1.807, 2.05) is 18.7 Å². The Kier molecular flexibility index (Phi) is 7.09. The van der Waals surface area contributed by atoms with Crippen LogP contribution < -0.4 is 14.4 Å². The zero-order valence-corrected chi connectivity index (χ0v) is 17.6. The summed E-state index contributed by atoms with van der Waals surface area (Å²) in [5.74, 6) is 0.670. The number of hydrogen-bond acceptors (Lipinski definition) is 4. The van der Waals surface area contributed by atoms with Crippen molar-refractivity contribution >= 4 is 5.82 Å². The van der Waals surface area contributed by atoms with Crippen LogP contribution in [0.3, 0.4) is 0 Å². The average molecular weight is 462 g/mol. The van der Waals surface area contributed by atoms with E-state index in [4.69, 9.17) is 9.47 Å². The lowest BCUT2D eigenvalue weighted by molar-refractivity contribution is -0.138. The van der Waals surface area contributed by atoms with Gasteiger partial charge in [-0.25, -0.2) is 4.98 Å². The average Bonchev–Trinajstić information content (AvgIpc) is 2.73. The van der Waals surface area contributed by atoms with Gasteiger partial charge in [-0.1, -0.05) is 13.8 Å². The molecule has 0 aliphatic carbocycles. The number of hydrogen-bond donors (Lipinski definition) is 0. The van der Waals surface area contributed by atoms with Gasteiger partial charge in [0.25, 0.3) is 0 Å². The van der Waals surface area contributed by atoms with Crippen LogP contribution in [-0.2, 0) is 12.4 Å². The molecule has 2 atom stereocenters. The first kappa shape index (κ1) is 24.0. The molecule has 1 fully saturated rings. The van der Waals surface area contributed by atoms with E-state index in [9.17, 15) is 26.3 Å². The molecule has 32 heavy (non-hydrogen) atoms. The Bertz CT molecular complexity index is 899. The molecule has 0 radical (unpaired) electrons. The highest BCUT2D eigenvalue weighted by atomic mass is 19.4. The van der Waals surface area contributed by atoms with Crippen LogP contribution in [0.4, 0.5) is 32.2 Å². The van der Waals surface area contributed by atoms with Gasteiger partial charge in [-0.05, 0) is 36.8 Å². The van der Waals surface area contributed by atoms with Gasteiger partial charge in [0.05, 0.1) is 17.7 Å². The number of anilines is 1. The van der Waals surface area contributed by atoms with Crippen LogP contribution >= 0.6 is 0 Å². The normalized spacial score (nSPS) is 19.7. The number of nitrogens with zero attached hydrogens (tertiary/aromatic N) is 2. The number of benzene rings is 1. The highest BCUT2D eigenvalue weighted by Gasteiger charge is 2.34. The Morgan fingerprint density at radius 2 is 1.69 bits per heavy atom. The van der Waals surface area contributed by atoms with E-state index in [0.717, 1.165) is 24.4 Å². The fourth-order valence-corrected chi connectivity index (χ4v) is 3.52.